The van der Waals surface area contributed by atoms with Crippen LogP contribution < -0.4 is 14.8 Å². The second-order valence-electron chi connectivity index (χ2n) is 7.99. The minimum Gasteiger partial charge on any atom is -0.496 e. The zero-order valence-corrected chi connectivity index (χ0v) is 18.5. The highest BCUT2D eigenvalue weighted by molar-refractivity contribution is 5.71. The van der Waals surface area contributed by atoms with Crippen molar-refractivity contribution in [3.8, 4) is 28.8 Å². The number of aromatic nitrogens is 4. The molecule has 0 bridgehead atoms. The third kappa shape index (κ3) is 4.81. The van der Waals surface area contributed by atoms with Crippen LogP contribution in [0, 0.1) is 11.3 Å². The van der Waals surface area contributed by atoms with Gasteiger partial charge in [0.25, 0.3) is 0 Å². The molecule has 1 aliphatic heterocycles. The molecular formula is C23H27N7O2. The normalized spacial score (nSPS) is 16.2. The SMILES string of the molecule is COc1cc(OCC2CCCN2C(C)C)ccc1-c1cc(Nc2cnc(C#N)cn2)n[nH]1. The van der Waals surface area contributed by atoms with Gasteiger partial charge < -0.3 is 14.8 Å². The van der Waals surface area contributed by atoms with Crippen molar-refractivity contribution >= 4 is 11.6 Å². The van der Waals surface area contributed by atoms with E-state index in [-0.39, 0.29) is 5.69 Å². The Hall–Kier alpha value is -3.64. The molecule has 1 saturated heterocycles. The number of benzene rings is 1. The van der Waals surface area contributed by atoms with Gasteiger partial charge in [0.2, 0.25) is 0 Å². The zero-order chi connectivity index (χ0) is 22.5. The Morgan fingerprint density at radius 3 is 2.84 bits per heavy atom. The van der Waals surface area contributed by atoms with E-state index >= 15 is 0 Å². The number of hydrogen-bond acceptors (Lipinski definition) is 8. The van der Waals surface area contributed by atoms with Crippen molar-refractivity contribution in [2.45, 2.75) is 38.8 Å². The number of rotatable bonds is 8. The molecule has 1 atom stereocenters. The number of likely N-dealkylation sites (tertiary alicyclic amines) is 1. The van der Waals surface area contributed by atoms with Crippen LogP contribution in [0.2, 0.25) is 0 Å². The molecule has 1 aromatic carbocycles. The highest BCUT2D eigenvalue weighted by Gasteiger charge is 2.27. The van der Waals surface area contributed by atoms with E-state index < -0.39 is 0 Å². The highest BCUT2D eigenvalue weighted by atomic mass is 16.5. The summed E-state index contributed by atoms with van der Waals surface area (Å²) in [6.07, 6.45) is 5.29. The molecule has 0 radical (unpaired) electrons. The molecule has 1 unspecified atom stereocenters. The standard InChI is InChI=1S/C23H27N7O2/c1-15(2)30-8-4-5-17(30)14-32-18-6-7-19(21(9-18)31-3)20-10-22(29-28-20)27-23-13-25-16(11-24)12-26-23/h6-7,9-10,12-13,15,17H,4-5,8,14H2,1-3H3,(H2,26,27,28,29). The number of nitrogens with zero attached hydrogens (tertiary/aromatic N) is 5. The van der Waals surface area contributed by atoms with E-state index in [2.05, 4.69) is 44.2 Å². The van der Waals surface area contributed by atoms with E-state index in [4.69, 9.17) is 14.7 Å². The van der Waals surface area contributed by atoms with E-state index in [0.29, 0.717) is 36.1 Å². The molecule has 1 fully saturated rings. The predicted molar refractivity (Wildman–Crippen MR) is 121 cm³/mol. The summed E-state index contributed by atoms with van der Waals surface area (Å²) in [5, 5.41) is 19.2. The summed E-state index contributed by atoms with van der Waals surface area (Å²) in [5.41, 5.74) is 1.92. The molecule has 32 heavy (non-hydrogen) atoms. The lowest BCUT2D eigenvalue weighted by Gasteiger charge is -2.28. The molecule has 0 saturated carbocycles. The lowest BCUT2D eigenvalue weighted by atomic mass is 10.1. The predicted octanol–water partition coefficient (Wildman–Crippen LogP) is 3.74. The average molecular weight is 434 g/mol. The summed E-state index contributed by atoms with van der Waals surface area (Å²) in [6.45, 7) is 6.28. The second kappa shape index (κ2) is 9.66. The van der Waals surface area contributed by atoms with Crippen LogP contribution in [0.4, 0.5) is 11.6 Å². The summed E-state index contributed by atoms with van der Waals surface area (Å²) in [6, 6.07) is 10.6. The number of H-pyrrole nitrogens is 1. The van der Waals surface area contributed by atoms with Crippen molar-refractivity contribution in [3.63, 3.8) is 0 Å². The molecule has 9 heteroatoms. The van der Waals surface area contributed by atoms with Crippen molar-refractivity contribution in [1.29, 1.82) is 5.26 Å². The van der Waals surface area contributed by atoms with Gasteiger partial charge >= 0.3 is 0 Å². The Labute approximate surface area is 187 Å². The lowest BCUT2D eigenvalue weighted by molar-refractivity contribution is 0.144. The van der Waals surface area contributed by atoms with E-state index in [1.54, 1.807) is 7.11 Å². The molecule has 0 aliphatic carbocycles. The summed E-state index contributed by atoms with van der Waals surface area (Å²) in [7, 11) is 1.64. The third-order valence-corrected chi connectivity index (χ3v) is 5.59. The number of aromatic amines is 1. The van der Waals surface area contributed by atoms with Gasteiger partial charge in [-0.2, -0.15) is 10.4 Å². The molecule has 166 valence electrons. The zero-order valence-electron chi connectivity index (χ0n) is 18.5. The van der Waals surface area contributed by atoms with Crippen LogP contribution in [-0.2, 0) is 0 Å². The molecule has 1 aliphatic rings. The highest BCUT2D eigenvalue weighted by Crippen LogP contribution is 2.34. The van der Waals surface area contributed by atoms with Crippen molar-refractivity contribution in [3.05, 3.63) is 42.4 Å². The number of ether oxygens (including phenoxy) is 2. The third-order valence-electron chi connectivity index (χ3n) is 5.59. The molecule has 2 aromatic heterocycles. The van der Waals surface area contributed by atoms with Gasteiger partial charge in [-0.15, -0.1) is 0 Å². The Bertz CT molecular complexity index is 1090. The van der Waals surface area contributed by atoms with Crippen LogP contribution in [0.25, 0.3) is 11.3 Å². The maximum Gasteiger partial charge on any atom is 0.158 e. The monoisotopic (exact) mass is 433 g/mol. The van der Waals surface area contributed by atoms with Crippen molar-refractivity contribution < 1.29 is 9.47 Å². The van der Waals surface area contributed by atoms with Crippen LogP contribution in [0.15, 0.2) is 36.7 Å². The summed E-state index contributed by atoms with van der Waals surface area (Å²) >= 11 is 0. The maximum atomic E-state index is 8.83. The first-order chi connectivity index (χ1) is 15.6. The van der Waals surface area contributed by atoms with Gasteiger partial charge in [0.15, 0.2) is 11.5 Å². The van der Waals surface area contributed by atoms with Crippen LogP contribution in [-0.4, -0.2) is 57.4 Å². The fourth-order valence-electron chi connectivity index (χ4n) is 4.00. The van der Waals surface area contributed by atoms with E-state index in [9.17, 15) is 0 Å². The Morgan fingerprint density at radius 2 is 2.12 bits per heavy atom. The average Bonchev–Trinajstić information content (AvgIpc) is 3.47. The largest absolute Gasteiger partial charge is 0.496 e. The number of nitrogens with one attached hydrogen (secondary N) is 2. The number of hydrogen-bond donors (Lipinski definition) is 2. The molecule has 0 spiro atoms. The molecular weight excluding hydrogens is 406 g/mol. The van der Waals surface area contributed by atoms with Gasteiger partial charge in [-0.05, 0) is 45.4 Å². The van der Waals surface area contributed by atoms with Crippen LogP contribution in [0.5, 0.6) is 11.5 Å². The minimum absolute atomic E-state index is 0.259. The maximum absolute atomic E-state index is 8.83. The summed E-state index contributed by atoms with van der Waals surface area (Å²) in [5.74, 6) is 2.56. The minimum atomic E-state index is 0.259. The quantitative estimate of drug-likeness (QED) is 0.552. The smallest absolute Gasteiger partial charge is 0.158 e. The van der Waals surface area contributed by atoms with E-state index in [0.717, 1.165) is 23.6 Å². The first kappa shape index (κ1) is 21.6. The number of methoxy groups -OCH3 is 1. The van der Waals surface area contributed by atoms with Crippen molar-refractivity contribution in [1.82, 2.24) is 25.1 Å². The first-order valence-corrected chi connectivity index (χ1v) is 10.7. The number of anilines is 2. The molecule has 9 nitrogen and oxygen atoms in total. The fourth-order valence-corrected chi connectivity index (χ4v) is 4.00. The fraction of sp³-hybridized carbons (Fsp3) is 0.391. The van der Waals surface area contributed by atoms with E-state index in [1.807, 2.05) is 30.3 Å². The van der Waals surface area contributed by atoms with Gasteiger partial charge in [0, 0.05) is 29.8 Å². The summed E-state index contributed by atoms with van der Waals surface area (Å²) in [4.78, 5) is 10.6. The van der Waals surface area contributed by atoms with Gasteiger partial charge in [0.05, 0.1) is 25.2 Å². The molecule has 0 amide bonds. The molecule has 4 rings (SSSR count). The van der Waals surface area contributed by atoms with Gasteiger partial charge in [0.1, 0.15) is 30.0 Å². The second-order valence-corrected chi connectivity index (χ2v) is 7.99. The molecule has 2 N–H and O–H groups in total. The number of nitriles is 1. The van der Waals surface area contributed by atoms with Gasteiger partial charge in [-0.3, -0.25) is 10.00 Å². The Kier molecular flexibility index (Phi) is 6.52. The van der Waals surface area contributed by atoms with Crippen molar-refractivity contribution in [2.24, 2.45) is 0 Å². The van der Waals surface area contributed by atoms with Gasteiger partial charge in [-0.25, -0.2) is 9.97 Å². The van der Waals surface area contributed by atoms with Crippen molar-refractivity contribution in [2.75, 3.05) is 25.6 Å². The Morgan fingerprint density at radius 1 is 1.25 bits per heavy atom. The van der Waals surface area contributed by atoms with E-state index in [1.165, 1.54) is 25.2 Å². The summed E-state index contributed by atoms with van der Waals surface area (Å²) < 4.78 is 11.7. The molecule has 3 heterocycles. The van der Waals surface area contributed by atoms with Crippen LogP contribution in [0.3, 0.4) is 0 Å². The van der Waals surface area contributed by atoms with Crippen LogP contribution >= 0.6 is 0 Å². The topological polar surface area (TPSA) is 112 Å². The van der Waals surface area contributed by atoms with Crippen LogP contribution in [0.1, 0.15) is 32.4 Å². The molecule has 3 aromatic rings. The Balaban J connectivity index is 1.44. The first-order valence-electron chi connectivity index (χ1n) is 10.7. The van der Waals surface area contributed by atoms with Gasteiger partial charge in [-0.1, -0.05) is 0 Å². The lowest BCUT2D eigenvalue weighted by Crippen LogP contribution is -2.39.